The molecule has 0 unspecified atom stereocenters. The van der Waals surface area contributed by atoms with Gasteiger partial charge < -0.3 is 9.72 Å². The third-order valence-corrected chi connectivity index (χ3v) is 3.41. The molecule has 1 heterocycles. The molecule has 1 N–H and O–H groups in total. The molecule has 2 nitrogen and oxygen atoms in total. The number of hydrogen-bond donors (Lipinski definition) is 1. The Labute approximate surface area is 117 Å². The molecule has 0 amide bonds. The fourth-order valence-corrected chi connectivity index (χ4v) is 2.28. The molecule has 0 radical (unpaired) electrons. The van der Waals surface area contributed by atoms with Gasteiger partial charge in [0.05, 0.1) is 5.69 Å². The molecule has 0 aliphatic rings. The highest BCUT2D eigenvalue weighted by molar-refractivity contribution is 6.35. The van der Waals surface area contributed by atoms with Gasteiger partial charge in [0.15, 0.2) is 0 Å². The third-order valence-electron chi connectivity index (χ3n) is 3.08. The van der Waals surface area contributed by atoms with Crippen molar-refractivity contribution in [3.63, 3.8) is 0 Å². The summed E-state index contributed by atoms with van der Waals surface area (Å²) in [7, 11) is 0. The molecule has 3 rings (SSSR count). The average molecular weight is 272 g/mol. The third kappa shape index (κ3) is 2.59. The number of ether oxygens (including phenoxy) is 1. The van der Waals surface area contributed by atoms with Crippen molar-refractivity contribution in [1.82, 2.24) is 4.98 Å². The lowest BCUT2D eigenvalue weighted by Gasteiger charge is -2.04. The van der Waals surface area contributed by atoms with E-state index in [1.807, 2.05) is 48.5 Å². The highest BCUT2D eigenvalue weighted by Crippen LogP contribution is 2.24. The Balaban J connectivity index is 1.78. The first-order valence-corrected chi connectivity index (χ1v) is 6.56. The number of aromatic amines is 1. The molecule has 0 spiro atoms. The number of rotatable bonds is 3. The Morgan fingerprint density at radius 3 is 2.63 bits per heavy atom. The number of benzene rings is 2. The molecular weight excluding hydrogens is 258 g/mol. The molecule has 0 aliphatic carbocycles. The van der Waals surface area contributed by atoms with Crippen molar-refractivity contribution < 1.29 is 4.74 Å². The number of H-pyrrole nitrogens is 1. The van der Waals surface area contributed by atoms with Gasteiger partial charge >= 0.3 is 0 Å². The maximum absolute atomic E-state index is 6.14. The van der Waals surface area contributed by atoms with Crippen LogP contribution in [0, 0.1) is 6.92 Å². The van der Waals surface area contributed by atoms with Gasteiger partial charge in [-0.3, -0.25) is 0 Å². The van der Waals surface area contributed by atoms with E-state index in [0.29, 0.717) is 6.61 Å². The Morgan fingerprint density at radius 2 is 1.89 bits per heavy atom. The second kappa shape index (κ2) is 4.98. The Kier molecular flexibility index (Phi) is 3.18. The number of halogens is 1. The molecule has 2 aromatic carbocycles. The first-order valence-electron chi connectivity index (χ1n) is 6.18. The van der Waals surface area contributed by atoms with Crippen LogP contribution in [0.4, 0.5) is 0 Å². The van der Waals surface area contributed by atoms with Crippen LogP contribution in [0.25, 0.3) is 10.9 Å². The standard InChI is InChI=1S/C16H14ClNO/c1-11-5-7-13(8-6-11)19-10-12-9-14-15(17)3-2-4-16(14)18-12/h2-9,18H,10H2,1H3. The van der Waals surface area contributed by atoms with Crippen molar-refractivity contribution in [3.8, 4) is 5.75 Å². The summed E-state index contributed by atoms with van der Waals surface area (Å²) >= 11 is 6.14. The highest BCUT2D eigenvalue weighted by Gasteiger charge is 2.04. The summed E-state index contributed by atoms with van der Waals surface area (Å²) in [5.74, 6) is 0.871. The summed E-state index contributed by atoms with van der Waals surface area (Å²) < 4.78 is 5.74. The second-order valence-corrected chi connectivity index (χ2v) is 5.00. The van der Waals surface area contributed by atoms with Gasteiger partial charge in [-0.05, 0) is 37.3 Å². The van der Waals surface area contributed by atoms with Gasteiger partial charge in [-0.2, -0.15) is 0 Å². The minimum Gasteiger partial charge on any atom is -0.487 e. The first kappa shape index (κ1) is 12.1. The number of nitrogens with one attached hydrogen (secondary N) is 1. The van der Waals surface area contributed by atoms with E-state index in [0.717, 1.165) is 27.4 Å². The molecule has 19 heavy (non-hydrogen) atoms. The highest BCUT2D eigenvalue weighted by atomic mass is 35.5. The van der Waals surface area contributed by atoms with E-state index in [-0.39, 0.29) is 0 Å². The zero-order chi connectivity index (χ0) is 13.2. The van der Waals surface area contributed by atoms with E-state index >= 15 is 0 Å². The SMILES string of the molecule is Cc1ccc(OCc2cc3c(Cl)cccc3[nH]2)cc1. The lowest BCUT2D eigenvalue weighted by atomic mass is 10.2. The monoisotopic (exact) mass is 271 g/mol. The van der Waals surface area contributed by atoms with Crippen LogP contribution < -0.4 is 4.74 Å². The molecule has 0 aliphatic heterocycles. The summed E-state index contributed by atoms with van der Waals surface area (Å²) in [6.45, 7) is 2.57. The smallest absolute Gasteiger partial charge is 0.128 e. The van der Waals surface area contributed by atoms with E-state index < -0.39 is 0 Å². The summed E-state index contributed by atoms with van der Waals surface area (Å²) in [4.78, 5) is 3.31. The molecule has 96 valence electrons. The predicted molar refractivity (Wildman–Crippen MR) is 78.8 cm³/mol. The quantitative estimate of drug-likeness (QED) is 0.733. The topological polar surface area (TPSA) is 25.0 Å². The molecule has 0 bridgehead atoms. The van der Waals surface area contributed by atoms with E-state index in [1.54, 1.807) is 0 Å². The van der Waals surface area contributed by atoms with E-state index in [9.17, 15) is 0 Å². The summed E-state index contributed by atoms with van der Waals surface area (Å²) in [5, 5.41) is 1.79. The zero-order valence-electron chi connectivity index (χ0n) is 10.6. The van der Waals surface area contributed by atoms with Crippen LogP contribution in [0.2, 0.25) is 5.02 Å². The van der Waals surface area contributed by atoms with Crippen LogP contribution in [-0.2, 0) is 6.61 Å². The lowest BCUT2D eigenvalue weighted by Crippen LogP contribution is -1.95. The summed E-state index contributed by atoms with van der Waals surface area (Å²) in [5.41, 5.74) is 3.28. The minimum absolute atomic E-state index is 0.508. The zero-order valence-corrected chi connectivity index (χ0v) is 11.4. The first-order chi connectivity index (χ1) is 9.22. The van der Waals surface area contributed by atoms with Gasteiger partial charge in [0.1, 0.15) is 12.4 Å². The fraction of sp³-hybridized carbons (Fsp3) is 0.125. The van der Waals surface area contributed by atoms with Crippen molar-refractivity contribution in [2.45, 2.75) is 13.5 Å². The predicted octanol–water partition coefficient (Wildman–Crippen LogP) is 4.71. The second-order valence-electron chi connectivity index (χ2n) is 4.60. The molecule has 0 atom stereocenters. The van der Waals surface area contributed by atoms with Crippen LogP contribution in [0.1, 0.15) is 11.3 Å². The van der Waals surface area contributed by atoms with Gasteiger partial charge in [-0.1, -0.05) is 35.4 Å². The van der Waals surface area contributed by atoms with Crippen LogP contribution in [0.3, 0.4) is 0 Å². The Bertz CT molecular complexity index is 700. The van der Waals surface area contributed by atoms with Crippen molar-refractivity contribution in [3.05, 3.63) is 64.8 Å². The lowest BCUT2D eigenvalue weighted by molar-refractivity contribution is 0.302. The van der Waals surface area contributed by atoms with Gasteiger partial charge in [0.25, 0.3) is 0 Å². The van der Waals surface area contributed by atoms with Crippen LogP contribution in [-0.4, -0.2) is 4.98 Å². The molecule has 1 aromatic heterocycles. The summed E-state index contributed by atoms with van der Waals surface area (Å²) in [6.07, 6.45) is 0. The maximum Gasteiger partial charge on any atom is 0.128 e. The number of aromatic nitrogens is 1. The molecule has 0 saturated heterocycles. The van der Waals surface area contributed by atoms with E-state index in [2.05, 4.69) is 11.9 Å². The van der Waals surface area contributed by atoms with Gasteiger partial charge in [0.2, 0.25) is 0 Å². The van der Waals surface area contributed by atoms with Gasteiger partial charge in [-0.25, -0.2) is 0 Å². The summed E-state index contributed by atoms with van der Waals surface area (Å²) in [6, 6.07) is 15.9. The van der Waals surface area contributed by atoms with Gasteiger partial charge in [0, 0.05) is 15.9 Å². The number of hydrogen-bond acceptors (Lipinski definition) is 1. The fourth-order valence-electron chi connectivity index (χ4n) is 2.05. The Morgan fingerprint density at radius 1 is 1.11 bits per heavy atom. The number of aryl methyl sites for hydroxylation is 1. The normalized spacial score (nSPS) is 10.8. The van der Waals surface area contributed by atoms with E-state index in [1.165, 1.54) is 5.56 Å². The molecule has 0 fully saturated rings. The number of fused-ring (bicyclic) bond motifs is 1. The van der Waals surface area contributed by atoms with Crippen molar-refractivity contribution in [2.24, 2.45) is 0 Å². The van der Waals surface area contributed by atoms with Gasteiger partial charge in [-0.15, -0.1) is 0 Å². The molecular formula is C16H14ClNO. The Hall–Kier alpha value is -1.93. The van der Waals surface area contributed by atoms with Crippen LogP contribution in [0.15, 0.2) is 48.5 Å². The molecule has 0 saturated carbocycles. The average Bonchev–Trinajstić information content (AvgIpc) is 2.83. The maximum atomic E-state index is 6.14. The van der Waals surface area contributed by atoms with Crippen molar-refractivity contribution in [2.75, 3.05) is 0 Å². The van der Waals surface area contributed by atoms with Crippen LogP contribution >= 0.6 is 11.6 Å². The molecule has 3 aromatic rings. The van der Waals surface area contributed by atoms with Crippen molar-refractivity contribution >= 4 is 22.5 Å². The van der Waals surface area contributed by atoms with Crippen molar-refractivity contribution in [1.29, 1.82) is 0 Å². The van der Waals surface area contributed by atoms with E-state index in [4.69, 9.17) is 16.3 Å². The minimum atomic E-state index is 0.508. The van der Waals surface area contributed by atoms with Crippen LogP contribution in [0.5, 0.6) is 5.75 Å². The largest absolute Gasteiger partial charge is 0.487 e. The molecule has 3 heteroatoms.